The molecule has 1 aromatic carbocycles. The number of hydrogen-bond donors (Lipinski definition) is 1. The van der Waals surface area contributed by atoms with Crippen molar-refractivity contribution >= 4 is 27.5 Å². The summed E-state index contributed by atoms with van der Waals surface area (Å²) < 4.78 is 0.653. The molecule has 0 unspecified atom stereocenters. The van der Waals surface area contributed by atoms with Crippen LogP contribution in [0.2, 0.25) is 0 Å². The number of benzene rings is 1. The van der Waals surface area contributed by atoms with E-state index >= 15 is 0 Å². The number of aromatic hydroxyl groups is 1. The van der Waals surface area contributed by atoms with E-state index in [-0.39, 0.29) is 5.75 Å². The molecule has 1 N–H and O–H groups in total. The van der Waals surface area contributed by atoms with Gasteiger partial charge >= 0.3 is 0 Å². The molecular formula is C8H6BrNO. The topological polar surface area (TPSA) is 32.6 Å². The summed E-state index contributed by atoms with van der Waals surface area (Å²) in [6, 6.07) is 5.00. The molecular weight excluding hydrogens is 206 g/mol. The first-order valence-corrected chi connectivity index (χ1v) is 3.74. The maximum Gasteiger partial charge on any atom is 0.131 e. The lowest BCUT2D eigenvalue weighted by Crippen LogP contribution is -1.67. The van der Waals surface area contributed by atoms with Crippen LogP contribution in [0.3, 0.4) is 0 Å². The molecule has 0 spiro atoms. The third kappa shape index (κ3) is 1.93. The van der Waals surface area contributed by atoms with Crippen molar-refractivity contribution in [2.45, 2.75) is 0 Å². The molecule has 0 saturated heterocycles. The van der Waals surface area contributed by atoms with Crippen LogP contribution in [0.15, 0.2) is 34.2 Å². The molecule has 1 aromatic rings. The van der Waals surface area contributed by atoms with E-state index in [0.717, 1.165) is 0 Å². The Bertz CT molecular complexity index is 316. The van der Waals surface area contributed by atoms with E-state index in [1.165, 1.54) is 6.07 Å². The second-order valence-corrected chi connectivity index (χ2v) is 2.76. The van der Waals surface area contributed by atoms with Crippen molar-refractivity contribution in [2.75, 3.05) is 0 Å². The normalized spacial score (nSPS) is 8.82. The Morgan fingerprint density at radius 1 is 1.55 bits per heavy atom. The van der Waals surface area contributed by atoms with Gasteiger partial charge in [0.05, 0.1) is 10.2 Å². The lowest BCUT2D eigenvalue weighted by molar-refractivity contribution is 0.472. The number of phenols is 1. The largest absolute Gasteiger partial charge is 0.507 e. The van der Waals surface area contributed by atoms with E-state index in [9.17, 15) is 5.11 Å². The predicted molar refractivity (Wildman–Crippen MR) is 48.5 cm³/mol. The van der Waals surface area contributed by atoms with Crippen LogP contribution in [0.25, 0.3) is 0 Å². The minimum atomic E-state index is 0.168. The first-order valence-electron chi connectivity index (χ1n) is 2.95. The van der Waals surface area contributed by atoms with E-state index in [2.05, 4.69) is 33.4 Å². The molecule has 0 radical (unpaired) electrons. The van der Waals surface area contributed by atoms with Gasteiger partial charge in [-0.15, -0.1) is 0 Å². The molecule has 0 aromatic heterocycles. The lowest BCUT2D eigenvalue weighted by Gasteiger charge is -1.95. The standard InChI is InChI=1S/C8H6BrNO/c1-2-10-6-3-4-7(9)8(11)5-6/h3-5,11H,1H2. The van der Waals surface area contributed by atoms with E-state index in [1.54, 1.807) is 12.1 Å². The van der Waals surface area contributed by atoms with Gasteiger partial charge in [-0.3, -0.25) is 0 Å². The molecule has 56 valence electrons. The fourth-order valence-corrected chi connectivity index (χ4v) is 0.909. The van der Waals surface area contributed by atoms with E-state index in [1.807, 2.05) is 0 Å². The highest BCUT2D eigenvalue weighted by Crippen LogP contribution is 2.27. The summed E-state index contributed by atoms with van der Waals surface area (Å²) >= 11 is 3.15. The third-order valence-corrected chi connectivity index (χ3v) is 1.81. The summed E-state index contributed by atoms with van der Waals surface area (Å²) in [5.41, 5.74) is 0.640. The zero-order chi connectivity index (χ0) is 8.27. The first-order chi connectivity index (χ1) is 5.24. The molecule has 0 atom stereocenters. The molecule has 1 rings (SSSR count). The highest BCUT2D eigenvalue weighted by molar-refractivity contribution is 9.10. The van der Waals surface area contributed by atoms with Gasteiger partial charge in [0.25, 0.3) is 0 Å². The molecule has 0 amide bonds. The fourth-order valence-electron chi connectivity index (χ4n) is 0.662. The number of rotatable bonds is 1. The molecule has 11 heavy (non-hydrogen) atoms. The van der Waals surface area contributed by atoms with Gasteiger partial charge in [0.1, 0.15) is 5.75 Å². The number of halogens is 1. The van der Waals surface area contributed by atoms with Crippen molar-refractivity contribution in [3.8, 4) is 5.75 Å². The van der Waals surface area contributed by atoms with Crippen LogP contribution in [0, 0.1) is 0 Å². The van der Waals surface area contributed by atoms with Crippen LogP contribution >= 0.6 is 15.9 Å². The average Bonchev–Trinajstić information content (AvgIpc) is 1.98. The minimum Gasteiger partial charge on any atom is -0.507 e. The summed E-state index contributed by atoms with van der Waals surface area (Å²) in [5, 5.41) is 9.17. The van der Waals surface area contributed by atoms with Gasteiger partial charge in [-0.05, 0) is 40.5 Å². The molecule has 0 aliphatic rings. The van der Waals surface area contributed by atoms with Gasteiger partial charge in [-0.25, -0.2) is 4.99 Å². The summed E-state index contributed by atoms with van der Waals surface area (Å²) in [5.74, 6) is 2.55. The predicted octanol–water partition coefficient (Wildman–Crippen LogP) is 2.64. The zero-order valence-corrected chi connectivity index (χ0v) is 7.30. The van der Waals surface area contributed by atoms with Crippen molar-refractivity contribution in [1.82, 2.24) is 0 Å². The fraction of sp³-hybridized carbons (Fsp3) is 0. The van der Waals surface area contributed by atoms with Crippen LogP contribution in [-0.2, 0) is 0 Å². The summed E-state index contributed by atoms with van der Waals surface area (Å²) in [6.45, 7) is 3.32. The summed E-state index contributed by atoms with van der Waals surface area (Å²) in [7, 11) is 0. The number of phenolic OH excluding ortho intramolecular Hbond substituents is 1. The quantitative estimate of drug-likeness (QED) is 0.713. The number of aliphatic imine (C=N–C) groups is 1. The Labute approximate surface area is 73.0 Å². The van der Waals surface area contributed by atoms with E-state index in [4.69, 9.17) is 0 Å². The van der Waals surface area contributed by atoms with E-state index in [0.29, 0.717) is 10.2 Å². The maximum absolute atomic E-state index is 9.17. The van der Waals surface area contributed by atoms with Crippen molar-refractivity contribution < 1.29 is 5.11 Å². The average molecular weight is 212 g/mol. The minimum absolute atomic E-state index is 0.168. The molecule has 0 bridgehead atoms. The molecule has 0 saturated carbocycles. The van der Waals surface area contributed by atoms with Crippen molar-refractivity contribution in [1.29, 1.82) is 0 Å². The highest BCUT2D eigenvalue weighted by atomic mass is 79.9. The molecule has 3 heteroatoms. The van der Waals surface area contributed by atoms with Crippen LogP contribution in [0.5, 0.6) is 5.75 Å². The third-order valence-electron chi connectivity index (χ3n) is 1.14. The summed E-state index contributed by atoms with van der Waals surface area (Å²) in [6.07, 6.45) is 0. The summed E-state index contributed by atoms with van der Waals surface area (Å²) in [4.78, 5) is 3.77. The van der Waals surface area contributed by atoms with Crippen molar-refractivity contribution in [3.05, 3.63) is 29.3 Å². The molecule has 0 aliphatic heterocycles. The van der Waals surface area contributed by atoms with Crippen LogP contribution in [0.1, 0.15) is 0 Å². The Kier molecular flexibility index (Phi) is 2.47. The van der Waals surface area contributed by atoms with Gasteiger partial charge in [-0.2, -0.15) is 0 Å². The zero-order valence-electron chi connectivity index (χ0n) is 5.71. The molecule has 0 heterocycles. The van der Waals surface area contributed by atoms with E-state index < -0.39 is 0 Å². The lowest BCUT2D eigenvalue weighted by atomic mass is 10.3. The van der Waals surface area contributed by atoms with Crippen molar-refractivity contribution in [2.24, 2.45) is 4.99 Å². The number of hydrogen-bond acceptors (Lipinski definition) is 2. The molecule has 2 nitrogen and oxygen atoms in total. The first kappa shape index (κ1) is 8.05. The van der Waals surface area contributed by atoms with Gasteiger partial charge in [0.15, 0.2) is 0 Å². The van der Waals surface area contributed by atoms with Crippen LogP contribution in [0.4, 0.5) is 5.69 Å². The second-order valence-electron chi connectivity index (χ2n) is 1.91. The molecule has 0 aliphatic carbocycles. The van der Waals surface area contributed by atoms with Crippen LogP contribution < -0.4 is 0 Å². The van der Waals surface area contributed by atoms with Gasteiger partial charge in [0.2, 0.25) is 0 Å². The second kappa shape index (κ2) is 3.37. The Balaban J connectivity index is 3.14. The van der Waals surface area contributed by atoms with Gasteiger partial charge in [0, 0.05) is 6.07 Å². The number of nitrogens with zero attached hydrogens (tertiary/aromatic N) is 1. The Morgan fingerprint density at radius 3 is 2.82 bits per heavy atom. The maximum atomic E-state index is 9.17. The van der Waals surface area contributed by atoms with Gasteiger partial charge in [-0.1, -0.05) is 0 Å². The SMILES string of the molecule is C=C=Nc1ccc(Br)c(O)c1. The van der Waals surface area contributed by atoms with Crippen molar-refractivity contribution in [3.63, 3.8) is 0 Å². The smallest absolute Gasteiger partial charge is 0.131 e. The molecule has 0 fully saturated rings. The Morgan fingerprint density at radius 2 is 2.27 bits per heavy atom. The van der Waals surface area contributed by atoms with Gasteiger partial charge < -0.3 is 5.11 Å². The monoisotopic (exact) mass is 211 g/mol. The van der Waals surface area contributed by atoms with Crippen LogP contribution in [-0.4, -0.2) is 11.0 Å². The highest BCUT2D eigenvalue weighted by Gasteiger charge is 1.96. The Hall–Kier alpha value is -1.05.